The van der Waals surface area contributed by atoms with Crippen LogP contribution in [0.2, 0.25) is 0 Å². The number of rotatable bonds is 2. The molecule has 10 heavy (non-hydrogen) atoms. The smallest absolute Gasteiger partial charge is 0.0537 e. The maximum Gasteiger partial charge on any atom is 0.0537 e. The van der Waals surface area contributed by atoms with Crippen molar-refractivity contribution in [1.82, 2.24) is 10.6 Å². The third kappa shape index (κ3) is 24.9. The van der Waals surface area contributed by atoms with E-state index in [0.29, 0.717) is 6.17 Å². The summed E-state index contributed by atoms with van der Waals surface area (Å²) in [6, 6.07) is 0. The Kier molecular flexibility index (Phi) is 11.1. The van der Waals surface area contributed by atoms with Crippen LogP contribution in [-0.2, 0) is 0 Å². The summed E-state index contributed by atoms with van der Waals surface area (Å²) in [4.78, 5) is 0. The van der Waals surface area contributed by atoms with E-state index in [0.717, 1.165) is 0 Å². The van der Waals surface area contributed by atoms with Crippen molar-refractivity contribution >= 4 is 0 Å². The molecule has 4 heteroatoms. The minimum absolute atomic E-state index is 0.167. The van der Waals surface area contributed by atoms with Crippen molar-refractivity contribution in [3.63, 3.8) is 0 Å². The van der Waals surface area contributed by atoms with E-state index in [-0.39, 0.29) is 6.17 Å². The minimum Gasteiger partial charge on any atom is -0.316 e. The highest BCUT2D eigenvalue weighted by atomic mass is 15.1. The molecule has 4 nitrogen and oxygen atoms in total. The molecule has 0 aliphatic carbocycles. The second-order valence-electron chi connectivity index (χ2n) is 2.16. The SMILES string of the molecule is CC(N)N.CNC(C)NC. The maximum atomic E-state index is 4.89. The minimum atomic E-state index is -0.167. The summed E-state index contributed by atoms with van der Waals surface area (Å²) in [7, 11) is 3.84. The monoisotopic (exact) mass is 148 g/mol. The Morgan fingerprint density at radius 2 is 1.20 bits per heavy atom. The van der Waals surface area contributed by atoms with Crippen LogP contribution in [0.25, 0.3) is 0 Å². The third-order valence-corrected chi connectivity index (χ3v) is 0.866. The largest absolute Gasteiger partial charge is 0.316 e. The number of hydrogen-bond acceptors (Lipinski definition) is 4. The van der Waals surface area contributed by atoms with Crippen molar-refractivity contribution in [2.24, 2.45) is 11.5 Å². The quantitative estimate of drug-likeness (QED) is 0.380. The highest BCUT2D eigenvalue weighted by molar-refractivity contribution is 4.44. The van der Waals surface area contributed by atoms with E-state index in [1.165, 1.54) is 0 Å². The van der Waals surface area contributed by atoms with Gasteiger partial charge in [0.15, 0.2) is 0 Å². The number of hydrogen-bond donors (Lipinski definition) is 4. The fourth-order valence-corrected chi connectivity index (χ4v) is 0.144. The fourth-order valence-electron chi connectivity index (χ4n) is 0.144. The van der Waals surface area contributed by atoms with E-state index in [1.54, 1.807) is 6.92 Å². The first kappa shape index (κ1) is 12.5. The normalized spacial score (nSPS) is 9.60. The van der Waals surface area contributed by atoms with Gasteiger partial charge in [0, 0.05) is 6.17 Å². The summed E-state index contributed by atoms with van der Waals surface area (Å²) in [6.07, 6.45) is 0.269. The summed E-state index contributed by atoms with van der Waals surface area (Å²) in [5, 5.41) is 6.01. The van der Waals surface area contributed by atoms with Gasteiger partial charge >= 0.3 is 0 Å². The highest BCUT2D eigenvalue weighted by Crippen LogP contribution is 1.61. The van der Waals surface area contributed by atoms with Crippen LogP contribution in [0.15, 0.2) is 0 Å². The van der Waals surface area contributed by atoms with Crippen molar-refractivity contribution in [3.05, 3.63) is 0 Å². The van der Waals surface area contributed by atoms with Gasteiger partial charge in [-0.1, -0.05) is 0 Å². The van der Waals surface area contributed by atoms with Gasteiger partial charge in [-0.05, 0) is 27.9 Å². The molecule has 0 aromatic carbocycles. The molecule has 0 heterocycles. The molecule has 0 fully saturated rings. The van der Waals surface area contributed by atoms with Gasteiger partial charge < -0.3 is 22.1 Å². The summed E-state index contributed by atoms with van der Waals surface area (Å²) < 4.78 is 0. The van der Waals surface area contributed by atoms with Gasteiger partial charge in [0.25, 0.3) is 0 Å². The molecular formula is C6H20N4. The molecule has 0 aromatic heterocycles. The van der Waals surface area contributed by atoms with E-state index in [4.69, 9.17) is 11.5 Å². The van der Waals surface area contributed by atoms with Crippen molar-refractivity contribution in [1.29, 1.82) is 0 Å². The molecule has 64 valence electrons. The Bertz CT molecular complexity index is 49.0. The first-order valence-electron chi connectivity index (χ1n) is 3.40. The first-order chi connectivity index (χ1) is 4.54. The van der Waals surface area contributed by atoms with Gasteiger partial charge in [0.05, 0.1) is 6.17 Å². The summed E-state index contributed by atoms with van der Waals surface area (Å²) in [6.45, 7) is 3.78. The van der Waals surface area contributed by atoms with Crippen LogP contribution < -0.4 is 22.1 Å². The zero-order valence-electron chi connectivity index (χ0n) is 7.31. The number of nitrogens with one attached hydrogen (secondary N) is 2. The van der Waals surface area contributed by atoms with Gasteiger partial charge in [-0.25, -0.2) is 0 Å². The molecule has 0 saturated carbocycles. The van der Waals surface area contributed by atoms with Crippen molar-refractivity contribution in [2.75, 3.05) is 14.1 Å². The average Bonchev–Trinajstić information content (AvgIpc) is 1.85. The van der Waals surface area contributed by atoms with Gasteiger partial charge in [0.1, 0.15) is 0 Å². The molecular weight excluding hydrogens is 128 g/mol. The van der Waals surface area contributed by atoms with Gasteiger partial charge in [-0.2, -0.15) is 0 Å². The Hall–Kier alpha value is -0.160. The molecule has 0 aromatic rings. The van der Waals surface area contributed by atoms with Crippen molar-refractivity contribution in [3.8, 4) is 0 Å². The van der Waals surface area contributed by atoms with E-state index >= 15 is 0 Å². The van der Waals surface area contributed by atoms with Gasteiger partial charge in [-0.3, -0.25) is 0 Å². The van der Waals surface area contributed by atoms with Gasteiger partial charge in [-0.15, -0.1) is 0 Å². The lowest BCUT2D eigenvalue weighted by Crippen LogP contribution is -2.34. The summed E-state index contributed by atoms with van der Waals surface area (Å²) in [5.74, 6) is 0. The molecule has 0 unspecified atom stereocenters. The van der Waals surface area contributed by atoms with Gasteiger partial charge in [0.2, 0.25) is 0 Å². The Morgan fingerprint density at radius 1 is 1.00 bits per heavy atom. The van der Waals surface area contributed by atoms with Crippen LogP contribution in [0.5, 0.6) is 0 Å². The van der Waals surface area contributed by atoms with Crippen molar-refractivity contribution < 1.29 is 0 Å². The lowest BCUT2D eigenvalue weighted by atomic mass is 10.6. The lowest BCUT2D eigenvalue weighted by molar-refractivity contribution is 0.537. The molecule has 6 N–H and O–H groups in total. The Labute approximate surface area is 63.3 Å². The van der Waals surface area contributed by atoms with E-state index in [2.05, 4.69) is 17.6 Å². The molecule has 0 rings (SSSR count). The third-order valence-electron chi connectivity index (χ3n) is 0.866. The first-order valence-corrected chi connectivity index (χ1v) is 3.40. The molecule has 0 saturated heterocycles. The predicted octanol–water partition coefficient (Wildman–Crippen LogP) is -0.979. The molecule has 0 atom stereocenters. The van der Waals surface area contributed by atoms with Crippen LogP contribution in [0, 0.1) is 0 Å². The van der Waals surface area contributed by atoms with E-state index in [1.807, 2.05) is 14.1 Å². The van der Waals surface area contributed by atoms with Crippen LogP contribution in [0.1, 0.15) is 13.8 Å². The lowest BCUT2D eigenvalue weighted by Gasteiger charge is -2.05. The van der Waals surface area contributed by atoms with E-state index in [9.17, 15) is 0 Å². The molecule has 0 aliphatic rings. The highest BCUT2D eigenvalue weighted by Gasteiger charge is 1.84. The predicted molar refractivity (Wildman–Crippen MR) is 45.4 cm³/mol. The maximum absolute atomic E-state index is 4.89. The second kappa shape index (κ2) is 8.84. The molecule has 0 bridgehead atoms. The topological polar surface area (TPSA) is 76.1 Å². The molecule has 0 radical (unpaired) electrons. The molecule has 0 amide bonds. The summed E-state index contributed by atoms with van der Waals surface area (Å²) in [5.41, 5.74) is 9.78. The zero-order chi connectivity index (χ0) is 8.57. The van der Waals surface area contributed by atoms with Crippen LogP contribution in [-0.4, -0.2) is 26.4 Å². The number of nitrogens with two attached hydrogens (primary N) is 2. The standard InChI is InChI=1S/C4H12N2.C2H8N2/c1-4(5-2)6-3;1-2(3)4/h4-6H,1-3H3;2H,3-4H2,1H3. The Morgan fingerprint density at radius 3 is 1.20 bits per heavy atom. The van der Waals surface area contributed by atoms with Crippen LogP contribution in [0.3, 0.4) is 0 Å². The summed E-state index contributed by atoms with van der Waals surface area (Å²) >= 11 is 0. The van der Waals surface area contributed by atoms with Crippen molar-refractivity contribution in [2.45, 2.75) is 26.2 Å². The van der Waals surface area contributed by atoms with Crippen LogP contribution >= 0.6 is 0 Å². The Balaban J connectivity index is 0. The second-order valence-corrected chi connectivity index (χ2v) is 2.16. The average molecular weight is 148 g/mol. The van der Waals surface area contributed by atoms with E-state index < -0.39 is 0 Å². The zero-order valence-corrected chi connectivity index (χ0v) is 7.31. The van der Waals surface area contributed by atoms with Crippen LogP contribution in [0.4, 0.5) is 0 Å². The fraction of sp³-hybridized carbons (Fsp3) is 1.00. The molecule has 0 spiro atoms. The molecule has 0 aliphatic heterocycles.